The predicted octanol–water partition coefficient (Wildman–Crippen LogP) is 4.66. The first-order valence-corrected chi connectivity index (χ1v) is 8.60. The van der Waals surface area contributed by atoms with Crippen LogP contribution in [0.15, 0.2) is 79.3 Å². The van der Waals surface area contributed by atoms with Crippen molar-refractivity contribution in [3.63, 3.8) is 0 Å². The van der Waals surface area contributed by atoms with Crippen LogP contribution in [0.25, 0.3) is 10.9 Å². The van der Waals surface area contributed by atoms with Crippen molar-refractivity contribution in [2.75, 3.05) is 5.32 Å². The van der Waals surface area contributed by atoms with Crippen LogP contribution >= 0.6 is 0 Å². The normalized spacial score (nSPS) is 10.8. The summed E-state index contributed by atoms with van der Waals surface area (Å²) in [6.45, 7) is 0. The number of nitrogens with one attached hydrogen (secondary N) is 2. The smallest absolute Gasteiger partial charge is 0.141 e. The fraction of sp³-hybridized carbons (Fsp3) is 0.0909. The quantitative estimate of drug-likeness (QED) is 0.536. The molecule has 0 spiro atoms. The number of anilines is 2. The number of H-pyrrole nitrogens is 1. The van der Waals surface area contributed by atoms with Gasteiger partial charge < -0.3 is 10.3 Å². The minimum Gasteiger partial charge on any atom is -0.361 e. The van der Waals surface area contributed by atoms with E-state index in [1.807, 2.05) is 66.9 Å². The van der Waals surface area contributed by atoms with Gasteiger partial charge in [-0.1, -0.05) is 30.3 Å². The van der Waals surface area contributed by atoms with E-state index in [0.29, 0.717) is 12.8 Å². The van der Waals surface area contributed by atoms with Crippen LogP contribution in [0.1, 0.15) is 11.1 Å². The molecule has 2 aromatic carbocycles. The van der Waals surface area contributed by atoms with Gasteiger partial charge in [0.1, 0.15) is 5.78 Å². The summed E-state index contributed by atoms with van der Waals surface area (Å²) < 4.78 is 0. The van der Waals surface area contributed by atoms with Gasteiger partial charge in [0.05, 0.1) is 0 Å². The second-order valence-corrected chi connectivity index (χ2v) is 6.31. The third kappa shape index (κ3) is 3.64. The van der Waals surface area contributed by atoms with Crippen molar-refractivity contribution in [1.82, 2.24) is 9.97 Å². The second-order valence-electron chi connectivity index (χ2n) is 6.31. The number of para-hydroxylation sites is 1. The number of fused-ring (bicyclic) bond motifs is 1. The molecule has 4 rings (SSSR count). The molecule has 0 saturated heterocycles. The van der Waals surface area contributed by atoms with Gasteiger partial charge in [0.15, 0.2) is 0 Å². The summed E-state index contributed by atoms with van der Waals surface area (Å²) in [7, 11) is 0. The largest absolute Gasteiger partial charge is 0.361 e. The molecule has 2 heterocycles. The van der Waals surface area contributed by atoms with Crippen LogP contribution in [-0.4, -0.2) is 15.8 Å². The monoisotopic (exact) mass is 341 g/mol. The molecule has 0 aliphatic heterocycles. The van der Waals surface area contributed by atoms with Crippen LogP contribution in [0.3, 0.4) is 0 Å². The Kier molecular flexibility index (Phi) is 4.48. The van der Waals surface area contributed by atoms with Crippen LogP contribution in [0, 0.1) is 0 Å². The van der Waals surface area contributed by atoms with Crippen LogP contribution in [0.5, 0.6) is 0 Å². The number of hydrogen-bond acceptors (Lipinski definition) is 3. The number of hydrogen-bond donors (Lipinski definition) is 2. The Morgan fingerprint density at radius 1 is 0.885 bits per heavy atom. The Bertz CT molecular complexity index is 1020. The minimum absolute atomic E-state index is 0.213. The summed E-state index contributed by atoms with van der Waals surface area (Å²) in [6, 6.07) is 19.9. The molecule has 4 heteroatoms. The lowest BCUT2D eigenvalue weighted by molar-refractivity contribution is -0.117. The van der Waals surface area contributed by atoms with Crippen molar-refractivity contribution < 1.29 is 4.79 Å². The highest BCUT2D eigenvalue weighted by molar-refractivity contribution is 5.90. The van der Waals surface area contributed by atoms with E-state index in [1.54, 1.807) is 12.4 Å². The van der Waals surface area contributed by atoms with E-state index in [0.717, 1.165) is 33.4 Å². The number of rotatable bonds is 6. The highest BCUT2D eigenvalue weighted by atomic mass is 16.1. The maximum absolute atomic E-state index is 12.5. The van der Waals surface area contributed by atoms with E-state index in [1.165, 1.54) is 0 Å². The van der Waals surface area contributed by atoms with Gasteiger partial charge in [0.25, 0.3) is 0 Å². The Labute approximate surface area is 151 Å². The number of carbonyl (C=O) groups excluding carboxylic acids is 1. The number of nitrogens with zero attached hydrogens (tertiary/aromatic N) is 1. The van der Waals surface area contributed by atoms with E-state index < -0.39 is 0 Å². The molecule has 128 valence electrons. The molecular formula is C22H19N3O. The molecule has 2 N–H and O–H groups in total. The Hall–Kier alpha value is -3.40. The van der Waals surface area contributed by atoms with Gasteiger partial charge >= 0.3 is 0 Å². The fourth-order valence-corrected chi connectivity index (χ4v) is 3.09. The third-order valence-electron chi connectivity index (χ3n) is 4.39. The van der Waals surface area contributed by atoms with Gasteiger partial charge in [-0.2, -0.15) is 0 Å². The standard InChI is InChI=1S/C22H19N3O/c26-20(14-17-15-24-22-4-2-1-3-21(17)22)13-16-5-7-18(8-6-16)25-19-9-11-23-12-10-19/h1-12,15,24H,13-14H2,(H,23,25). The third-order valence-corrected chi connectivity index (χ3v) is 4.39. The first kappa shape index (κ1) is 16.1. The summed E-state index contributed by atoms with van der Waals surface area (Å²) in [6.07, 6.45) is 6.32. The van der Waals surface area contributed by atoms with Crippen LogP contribution in [0.4, 0.5) is 11.4 Å². The number of ketones is 1. The molecular weight excluding hydrogens is 322 g/mol. The molecule has 0 bridgehead atoms. The SMILES string of the molecule is O=C(Cc1ccc(Nc2ccncc2)cc1)Cc1c[nH]c2ccccc12. The number of Topliss-reactive ketones (excluding diaryl/α,β-unsaturated/α-hetero) is 1. The lowest BCUT2D eigenvalue weighted by atomic mass is 10.0. The maximum Gasteiger partial charge on any atom is 0.141 e. The summed E-state index contributed by atoms with van der Waals surface area (Å²) in [5, 5.41) is 4.43. The fourth-order valence-electron chi connectivity index (χ4n) is 3.09. The van der Waals surface area contributed by atoms with E-state index in [2.05, 4.69) is 15.3 Å². The maximum atomic E-state index is 12.5. The number of carbonyl (C=O) groups is 1. The zero-order chi connectivity index (χ0) is 17.8. The number of benzene rings is 2. The molecule has 0 aliphatic rings. The Morgan fingerprint density at radius 3 is 2.42 bits per heavy atom. The zero-order valence-corrected chi connectivity index (χ0v) is 14.3. The summed E-state index contributed by atoms with van der Waals surface area (Å²) in [5.74, 6) is 0.213. The first-order valence-electron chi connectivity index (χ1n) is 8.60. The van der Waals surface area contributed by atoms with E-state index in [-0.39, 0.29) is 5.78 Å². The zero-order valence-electron chi connectivity index (χ0n) is 14.3. The van der Waals surface area contributed by atoms with Gasteiger partial charge in [-0.15, -0.1) is 0 Å². The van der Waals surface area contributed by atoms with Gasteiger partial charge in [-0.25, -0.2) is 0 Å². The lowest BCUT2D eigenvalue weighted by Gasteiger charge is -2.07. The second kappa shape index (κ2) is 7.23. The van der Waals surface area contributed by atoms with Crippen molar-refractivity contribution >= 4 is 28.1 Å². The van der Waals surface area contributed by atoms with Crippen molar-refractivity contribution in [1.29, 1.82) is 0 Å². The topological polar surface area (TPSA) is 57.8 Å². The van der Waals surface area contributed by atoms with Crippen molar-refractivity contribution in [2.24, 2.45) is 0 Å². The molecule has 0 fully saturated rings. The molecule has 0 radical (unpaired) electrons. The molecule has 26 heavy (non-hydrogen) atoms. The first-order chi connectivity index (χ1) is 12.8. The number of pyridine rings is 1. The Balaban J connectivity index is 1.40. The lowest BCUT2D eigenvalue weighted by Crippen LogP contribution is -2.06. The van der Waals surface area contributed by atoms with Gasteiger partial charge in [0, 0.05) is 53.7 Å². The molecule has 0 aliphatic carbocycles. The molecule has 4 nitrogen and oxygen atoms in total. The highest BCUT2D eigenvalue weighted by Crippen LogP contribution is 2.20. The van der Waals surface area contributed by atoms with E-state index in [9.17, 15) is 4.79 Å². The van der Waals surface area contributed by atoms with Crippen LogP contribution in [-0.2, 0) is 17.6 Å². The molecule has 0 amide bonds. The van der Waals surface area contributed by atoms with Crippen molar-refractivity contribution in [3.8, 4) is 0 Å². The van der Waals surface area contributed by atoms with Gasteiger partial charge in [-0.3, -0.25) is 9.78 Å². The molecule has 2 aromatic heterocycles. The van der Waals surface area contributed by atoms with E-state index >= 15 is 0 Å². The predicted molar refractivity (Wildman–Crippen MR) is 105 cm³/mol. The molecule has 0 saturated carbocycles. The molecule has 4 aromatic rings. The van der Waals surface area contributed by atoms with Crippen molar-refractivity contribution in [3.05, 3.63) is 90.4 Å². The minimum atomic E-state index is 0.213. The van der Waals surface area contributed by atoms with Gasteiger partial charge in [0.2, 0.25) is 0 Å². The van der Waals surface area contributed by atoms with Crippen molar-refractivity contribution in [2.45, 2.75) is 12.8 Å². The number of aromatic nitrogens is 2. The van der Waals surface area contributed by atoms with E-state index in [4.69, 9.17) is 0 Å². The van der Waals surface area contributed by atoms with Gasteiger partial charge in [-0.05, 0) is 41.5 Å². The van der Waals surface area contributed by atoms with Crippen LogP contribution < -0.4 is 5.32 Å². The highest BCUT2D eigenvalue weighted by Gasteiger charge is 2.09. The average molecular weight is 341 g/mol. The summed E-state index contributed by atoms with van der Waals surface area (Å²) in [5.41, 5.74) is 5.13. The molecule has 0 atom stereocenters. The summed E-state index contributed by atoms with van der Waals surface area (Å²) >= 11 is 0. The number of aromatic amines is 1. The van der Waals surface area contributed by atoms with Crippen LogP contribution in [0.2, 0.25) is 0 Å². The average Bonchev–Trinajstić information content (AvgIpc) is 3.07. The molecule has 0 unspecified atom stereocenters. The Morgan fingerprint density at radius 2 is 1.62 bits per heavy atom. The summed E-state index contributed by atoms with van der Waals surface area (Å²) in [4.78, 5) is 19.7.